The molecule has 0 radical (unpaired) electrons. The quantitative estimate of drug-likeness (QED) is 0.00321. The van der Waals surface area contributed by atoms with Crippen molar-refractivity contribution < 1.29 is 77.2 Å². The van der Waals surface area contributed by atoms with E-state index in [2.05, 4.69) is 146 Å². The number of carboxylic acids is 2. The fraction of sp³-hybridized carbons (Fsp3) is 0.463. The number of rotatable bonds is 51. The Kier molecular flexibility index (Phi) is 36.3. The first kappa shape index (κ1) is 103. The minimum absolute atomic E-state index is 0.00812. The minimum Gasteiger partial charge on any atom is -0.480 e. The van der Waals surface area contributed by atoms with E-state index < -0.39 is 60.9 Å². The van der Waals surface area contributed by atoms with Gasteiger partial charge in [-0.25, -0.2) is 34.2 Å². The van der Waals surface area contributed by atoms with Crippen molar-refractivity contribution in [1.82, 2.24) is 81.0 Å². The van der Waals surface area contributed by atoms with Crippen LogP contribution in [0.15, 0.2) is 136 Å². The van der Waals surface area contributed by atoms with Gasteiger partial charge in [-0.05, 0) is 116 Å². The molecule has 4 aromatic carbocycles. The van der Waals surface area contributed by atoms with Gasteiger partial charge in [0.15, 0.2) is 22.3 Å². The number of benzene rings is 4. The molecule has 4 aliphatic rings. The van der Waals surface area contributed by atoms with E-state index in [9.17, 15) is 72.5 Å². The summed E-state index contributed by atoms with van der Waals surface area (Å²) in [5.74, 6) is -5.37. The van der Waals surface area contributed by atoms with Crippen molar-refractivity contribution in [2.24, 2.45) is 34.7 Å². The topological polar surface area (TPSA) is 609 Å². The molecule has 2 fully saturated rings. The number of azide groups is 1. The highest BCUT2D eigenvalue weighted by Gasteiger charge is 2.63. The molecule has 14 N–H and O–H groups in total. The largest absolute Gasteiger partial charge is 0.480 e. The van der Waals surface area contributed by atoms with Crippen molar-refractivity contribution in [2.75, 3.05) is 92.8 Å². The van der Waals surface area contributed by atoms with Crippen molar-refractivity contribution >= 4 is 124 Å². The van der Waals surface area contributed by atoms with E-state index in [-0.39, 0.29) is 241 Å². The van der Waals surface area contributed by atoms with Crippen molar-refractivity contribution in [3.63, 3.8) is 0 Å². The van der Waals surface area contributed by atoms with Gasteiger partial charge in [0.2, 0.25) is 41.4 Å². The SMILES string of the molecule is CC(C)[Si](CCCC1C2C=CC1C1C(=O)N(CCC(=O)CCCOCCC(=O)NCCC(=O)N3Cc4ccccc4-c4c(nnn4CCOCCNC(=O)CC[C@H](NC(=O)c4ccc(NCc5cnc6nc(N)[nH]c(=O)c6n5)cc4)C(=O)O)-c4ccccc43)C(=O)C21)(C(C)C)C(C)C.[N-]=[N+]=NCCOCCCC(=O)CC[C@H](NC(=O)c1ccc(NCc2cnc3nc(N)[nH]c(=O)c3n2)cc1)C(=O)O. The molecule has 2 aliphatic carbocycles. The van der Waals surface area contributed by atoms with E-state index in [0.717, 1.165) is 29.7 Å². The van der Waals surface area contributed by atoms with Crippen LogP contribution < -0.4 is 59.4 Å². The molecule has 2 aliphatic heterocycles. The Morgan fingerprint density at radius 2 is 1.09 bits per heavy atom. The zero-order valence-electron chi connectivity index (χ0n) is 78.0. The number of carboxylic acid groups (broad SMARTS) is 2. The number of hydrogen-bond donors (Lipinski definition) is 12. The number of aromatic amines is 2. The fourth-order valence-electron chi connectivity index (χ4n) is 18.9. The number of likely N-dealkylation sites (tertiary alicyclic amines) is 1. The molecule has 1 saturated carbocycles. The van der Waals surface area contributed by atoms with Gasteiger partial charge in [0.25, 0.3) is 22.9 Å². The van der Waals surface area contributed by atoms with Crippen LogP contribution in [-0.4, -0.2) is 221 Å². The summed E-state index contributed by atoms with van der Waals surface area (Å²) in [6.45, 7) is 17.2. The number of H-pyrrole nitrogens is 2. The van der Waals surface area contributed by atoms with E-state index in [1.165, 1.54) is 47.6 Å². The van der Waals surface area contributed by atoms with Crippen LogP contribution in [-0.2, 0) is 83.5 Å². The number of fused-ring (bicyclic) bond motifs is 12. The van der Waals surface area contributed by atoms with Crippen LogP contribution in [0.3, 0.4) is 0 Å². The van der Waals surface area contributed by atoms with Crippen LogP contribution in [0, 0.1) is 29.6 Å². The number of imide groups is 1. The van der Waals surface area contributed by atoms with E-state index >= 15 is 0 Å². The number of nitrogens with one attached hydrogen (secondary N) is 8. The molecule has 5 aromatic heterocycles. The zero-order valence-corrected chi connectivity index (χ0v) is 79.0. The fourth-order valence-corrected chi connectivity index (χ4v) is 25.5. The van der Waals surface area contributed by atoms with E-state index in [1.807, 2.05) is 48.5 Å². The van der Waals surface area contributed by atoms with Crippen molar-refractivity contribution in [2.45, 2.75) is 186 Å². The average molecular weight is 1910 g/mol. The third-order valence-corrected chi connectivity index (χ3v) is 33.4. The summed E-state index contributed by atoms with van der Waals surface area (Å²) in [5, 5.41) is 48.6. The number of amides is 7. The average Bonchev–Trinajstić information content (AvgIpc) is 1.55. The van der Waals surface area contributed by atoms with E-state index in [4.69, 9.17) is 31.2 Å². The van der Waals surface area contributed by atoms with E-state index in [0.29, 0.717) is 88.2 Å². The number of nitrogen functional groups attached to an aromatic ring is 2. The summed E-state index contributed by atoms with van der Waals surface area (Å²) in [4.78, 5) is 201. The second-order valence-electron chi connectivity index (χ2n) is 35.4. The summed E-state index contributed by atoms with van der Waals surface area (Å²) in [6.07, 6.45) is 10.6. The van der Waals surface area contributed by atoms with Crippen LogP contribution >= 0.6 is 0 Å². The number of nitrogens with two attached hydrogens (primary N) is 2. The lowest BCUT2D eigenvalue weighted by atomic mass is 9.85. The highest BCUT2D eigenvalue weighted by molar-refractivity contribution is 6.83. The number of nitrogens with zero attached hydrogens (tertiary/aromatic N) is 14. The van der Waals surface area contributed by atoms with Gasteiger partial charge in [0, 0.05) is 123 Å². The maximum Gasteiger partial charge on any atom is 0.326 e. The lowest BCUT2D eigenvalue weighted by Crippen LogP contribution is -2.44. The van der Waals surface area contributed by atoms with Crippen LogP contribution in [0.1, 0.15) is 163 Å². The van der Waals surface area contributed by atoms with Gasteiger partial charge in [-0.15, -0.1) is 5.10 Å². The summed E-state index contributed by atoms with van der Waals surface area (Å²) in [5.41, 5.74) is 27.6. The standard InChI is InChI=1S/C71H90N14O12Si.C24H28N10O6/c1-42(2)98(43(3)4,44(5)6)38-12-17-51-52-23-24-53(51)61-60(52)68(92)83(69(61)93)32-28-49(86)14-11-34-96-35-29-58(88)73-30-27-59(89)84-41-46-13-7-8-15-50(46)64-62(54-16-9-10-18-56(54)84)81-82-85(64)33-37-97-36-31-74-57(87)26-25-55(70(94)95)78-66(90)45-19-21-47(22-20-45)75-39-48-40-76-65-63(77-48)67(91)80-71(72)79-65;25-24-32-20-19(22(37)33-24)30-16(13-28-20)12-27-15-5-3-14(4-6-15)21(36)31-18(23(38)39)8-7-17(35)2-1-10-40-11-9-29-34-26/h7-10,13,15-16,18-24,40,42-44,51-53,55,60-61,75H,11-12,14,17,25-39,41H2,1-6H3,(H,73,88)(H,74,87)(H,78,90)(H,94,95)(H3,72,76,79,80,91);3-6,13,18,27H,1-2,7-12H2,(H,31,36)(H,38,39)(H3,25,28,32,33,37)/t51?,52?,53?,55-,60?,61?;18-/m00/s1. The maximum atomic E-state index is 14.2. The lowest BCUT2D eigenvalue weighted by molar-refractivity contribution is -0.142. The molecular weight excluding hydrogens is 1790 g/mol. The number of hydrogen-bond acceptors (Lipinski definition) is 29. The summed E-state index contributed by atoms with van der Waals surface area (Å²) >= 11 is 0. The summed E-state index contributed by atoms with van der Waals surface area (Å²) in [6, 6.07) is 26.4. The third kappa shape index (κ3) is 26.4. The molecule has 7 amide bonds. The number of aliphatic carboxylic acids is 2. The number of para-hydroxylation sites is 1. The number of carbonyl (C=O) groups is 11. The number of Topliss-reactive ketones (excluding diaryl/α,β-unsaturated/α-hetero) is 2. The van der Waals surface area contributed by atoms with Crippen LogP contribution in [0.25, 0.3) is 55.3 Å². The molecule has 1 saturated heterocycles. The molecule has 7 heterocycles. The van der Waals surface area contributed by atoms with Gasteiger partial charge in [0.05, 0.1) is 108 Å². The Bertz CT molecular complexity index is 6050. The molecular formula is C95H118N24O18Si. The lowest BCUT2D eigenvalue weighted by Gasteiger charge is -2.43. The third-order valence-electron chi connectivity index (χ3n) is 25.8. The number of anilines is 5. The number of aromatic nitrogens is 11. The van der Waals surface area contributed by atoms with Gasteiger partial charge >= 0.3 is 11.9 Å². The first-order chi connectivity index (χ1) is 66.4. The van der Waals surface area contributed by atoms with Crippen LogP contribution in [0.2, 0.25) is 22.7 Å². The minimum atomic E-state index is -1.54. The van der Waals surface area contributed by atoms with Gasteiger partial charge in [-0.3, -0.25) is 67.6 Å². The smallest absolute Gasteiger partial charge is 0.326 e. The Balaban J connectivity index is 0.000000356. The van der Waals surface area contributed by atoms with Crippen molar-refractivity contribution in [3.8, 4) is 22.5 Å². The highest BCUT2D eigenvalue weighted by Crippen LogP contribution is 2.58. The Labute approximate surface area is 795 Å². The molecule has 9 aromatic rings. The molecule has 0 spiro atoms. The Hall–Kier alpha value is -14.4. The summed E-state index contributed by atoms with van der Waals surface area (Å²) in [7, 11) is -1.54. The maximum absolute atomic E-state index is 14.2. The Morgan fingerprint density at radius 1 is 0.572 bits per heavy atom. The van der Waals surface area contributed by atoms with Gasteiger partial charge in [0.1, 0.15) is 29.3 Å². The molecule has 6 atom stereocenters. The zero-order chi connectivity index (χ0) is 98.7. The molecule has 13 rings (SSSR count). The van der Waals surface area contributed by atoms with E-state index in [1.54, 1.807) is 33.8 Å². The number of ketones is 2. The first-order valence-corrected chi connectivity index (χ1v) is 48.9. The van der Waals surface area contributed by atoms with Gasteiger partial charge in [-0.2, -0.15) is 9.97 Å². The molecule has 2 bridgehead atoms. The number of ether oxygens (including phenoxy) is 3. The van der Waals surface area contributed by atoms with Gasteiger partial charge < -0.3 is 72.7 Å². The molecule has 138 heavy (non-hydrogen) atoms. The van der Waals surface area contributed by atoms with Crippen LogP contribution in [0.5, 0.6) is 0 Å². The number of carbonyl (C=O) groups excluding carboxylic acids is 9. The summed E-state index contributed by atoms with van der Waals surface area (Å²) < 4.78 is 18.6. The molecule has 43 heteroatoms. The first-order valence-electron chi connectivity index (χ1n) is 46.5. The predicted octanol–water partition coefficient (Wildman–Crippen LogP) is 9.17. The molecule has 4 unspecified atom stereocenters. The highest BCUT2D eigenvalue weighted by atomic mass is 28.3. The monoisotopic (exact) mass is 1910 g/mol. The second-order valence-corrected chi connectivity index (χ2v) is 41.6. The second kappa shape index (κ2) is 48.9. The molecule has 730 valence electrons. The van der Waals surface area contributed by atoms with Crippen molar-refractivity contribution in [1.29, 1.82) is 0 Å². The van der Waals surface area contributed by atoms with Crippen LogP contribution in [0.4, 0.5) is 29.0 Å². The van der Waals surface area contributed by atoms with Gasteiger partial charge in [-0.1, -0.05) is 136 Å². The van der Waals surface area contributed by atoms with Crippen molar-refractivity contribution in [3.05, 3.63) is 181 Å². The normalized spacial score (nSPS) is 16.1. The Morgan fingerprint density at radius 3 is 1.64 bits per heavy atom. The predicted molar refractivity (Wildman–Crippen MR) is 514 cm³/mol. The molecule has 42 nitrogen and oxygen atoms in total. The number of allylic oxidation sites excluding steroid dienone is 2.